The summed E-state index contributed by atoms with van der Waals surface area (Å²) in [6.45, 7) is 5.49. The fourth-order valence-corrected chi connectivity index (χ4v) is 2.71. The summed E-state index contributed by atoms with van der Waals surface area (Å²) in [5.41, 5.74) is 0.651. The molecule has 1 aromatic heterocycles. The lowest BCUT2D eigenvalue weighted by atomic mass is 10.2. The topological polar surface area (TPSA) is 85.1 Å². The van der Waals surface area contributed by atoms with Crippen LogP contribution in [0.5, 0.6) is 0 Å². The van der Waals surface area contributed by atoms with Crippen LogP contribution in [-0.4, -0.2) is 18.6 Å². The van der Waals surface area contributed by atoms with Gasteiger partial charge in [0, 0.05) is 5.92 Å². The first-order chi connectivity index (χ1) is 8.90. The molecule has 1 aromatic carbocycles. The van der Waals surface area contributed by atoms with Crippen molar-refractivity contribution in [2.45, 2.75) is 31.6 Å². The zero-order chi connectivity index (χ0) is 14.0. The molecule has 0 aliphatic carbocycles. The van der Waals surface area contributed by atoms with Gasteiger partial charge in [0.25, 0.3) is 10.0 Å². The molecule has 2 rings (SSSR count). The van der Waals surface area contributed by atoms with Crippen molar-refractivity contribution in [3.8, 4) is 0 Å². The number of hydrogen-bond acceptors (Lipinski definition) is 5. The number of anilines is 1. The van der Waals surface area contributed by atoms with Gasteiger partial charge >= 0.3 is 6.01 Å². The van der Waals surface area contributed by atoms with Crippen LogP contribution in [0.3, 0.4) is 0 Å². The van der Waals surface area contributed by atoms with E-state index in [4.69, 9.17) is 4.42 Å². The second-order valence-electron chi connectivity index (χ2n) is 4.47. The molecule has 0 fully saturated rings. The van der Waals surface area contributed by atoms with Gasteiger partial charge in [0.15, 0.2) is 0 Å². The van der Waals surface area contributed by atoms with Crippen LogP contribution >= 0.6 is 0 Å². The predicted molar refractivity (Wildman–Crippen MR) is 70.4 cm³/mol. The van der Waals surface area contributed by atoms with Crippen molar-refractivity contribution in [3.63, 3.8) is 0 Å². The Hall–Kier alpha value is -1.89. The maximum atomic E-state index is 12.2. The molecule has 0 saturated carbocycles. The van der Waals surface area contributed by atoms with Gasteiger partial charge in [0.2, 0.25) is 5.89 Å². The first kappa shape index (κ1) is 13.5. The van der Waals surface area contributed by atoms with Crippen molar-refractivity contribution < 1.29 is 12.8 Å². The summed E-state index contributed by atoms with van der Waals surface area (Å²) in [5, 5.41) is 7.44. The van der Waals surface area contributed by atoms with Crippen molar-refractivity contribution in [1.82, 2.24) is 10.2 Å². The Bertz CT molecular complexity index is 677. The van der Waals surface area contributed by atoms with Gasteiger partial charge in [-0.25, -0.2) is 13.1 Å². The minimum Gasteiger partial charge on any atom is -0.407 e. The van der Waals surface area contributed by atoms with Crippen LogP contribution in [0.2, 0.25) is 0 Å². The molecule has 102 valence electrons. The maximum Gasteiger partial charge on any atom is 0.329 e. The lowest BCUT2D eigenvalue weighted by molar-refractivity contribution is 0.483. The van der Waals surface area contributed by atoms with E-state index in [1.54, 1.807) is 25.1 Å². The minimum absolute atomic E-state index is 0.0456. The third kappa shape index (κ3) is 2.93. The Kier molecular flexibility index (Phi) is 3.57. The molecule has 0 aliphatic heterocycles. The molecule has 2 aromatic rings. The summed E-state index contributed by atoms with van der Waals surface area (Å²) >= 11 is 0. The van der Waals surface area contributed by atoms with Crippen molar-refractivity contribution in [3.05, 3.63) is 35.7 Å². The highest BCUT2D eigenvalue weighted by Gasteiger charge is 2.20. The Morgan fingerprint density at radius 3 is 2.47 bits per heavy atom. The number of benzene rings is 1. The number of nitrogens with zero attached hydrogens (tertiary/aromatic N) is 2. The smallest absolute Gasteiger partial charge is 0.329 e. The Balaban J connectivity index is 2.29. The van der Waals surface area contributed by atoms with Crippen LogP contribution < -0.4 is 4.72 Å². The van der Waals surface area contributed by atoms with E-state index in [0.717, 1.165) is 0 Å². The second-order valence-corrected chi connectivity index (χ2v) is 6.12. The highest BCUT2D eigenvalue weighted by molar-refractivity contribution is 7.92. The van der Waals surface area contributed by atoms with Gasteiger partial charge in [-0.3, -0.25) is 0 Å². The number of sulfonamides is 1. The summed E-state index contributed by atoms with van der Waals surface area (Å²) in [4.78, 5) is 0.194. The van der Waals surface area contributed by atoms with Crippen LogP contribution in [0, 0.1) is 6.92 Å². The third-order valence-corrected chi connectivity index (χ3v) is 4.02. The molecule has 0 aliphatic rings. The molecule has 19 heavy (non-hydrogen) atoms. The molecule has 0 spiro atoms. The van der Waals surface area contributed by atoms with E-state index in [0.29, 0.717) is 11.5 Å². The number of hydrogen-bond donors (Lipinski definition) is 1. The highest BCUT2D eigenvalue weighted by atomic mass is 32.2. The predicted octanol–water partition coefficient (Wildman–Crippen LogP) is 2.30. The first-order valence-corrected chi connectivity index (χ1v) is 7.30. The third-order valence-electron chi connectivity index (χ3n) is 2.54. The SMILES string of the molecule is Cc1ccccc1S(=O)(=O)Nc1nnc(C(C)C)o1. The number of nitrogens with one attached hydrogen (secondary N) is 1. The molecular weight excluding hydrogens is 266 g/mol. The van der Waals surface area contributed by atoms with E-state index in [2.05, 4.69) is 14.9 Å². The first-order valence-electron chi connectivity index (χ1n) is 5.82. The Labute approximate surface area is 111 Å². The summed E-state index contributed by atoms with van der Waals surface area (Å²) in [5.74, 6) is 0.437. The van der Waals surface area contributed by atoms with Gasteiger partial charge in [-0.1, -0.05) is 37.1 Å². The average Bonchev–Trinajstić information content (AvgIpc) is 2.77. The summed E-state index contributed by atoms with van der Waals surface area (Å²) in [7, 11) is -3.70. The van der Waals surface area contributed by atoms with Gasteiger partial charge < -0.3 is 4.42 Å². The van der Waals surface area contributed by atoms with Gasteiger partial charge in [-0.2, -0.15) is 0 Å². The standard InChI is InChI=1S/C12H15N3O3S/c1-8(2)11-13-14-12(18-11)15-19(16,17)10-7-5-4-6-9(10)3/h4-8H,1-3H3,(H,14,15). The lowest BCUT2D eigenvalue weighted by Crippen LogP contribution is -2.14. The van der Waals surface area contributed by atoms with Crippen LogP contribution in [-0.2, 0) is 10.0 Å². The van der Waals surface area contributed by atoms with E-state index in [-0.39, 0.29) is 16.8 Å². The monoisotopic (exact) mass is 281 g/mol. The van der Waals surface area contributed by atoms with Gasteiger partial charge in [0.1, 0.15) is 0 Å². The molecule has 0 atom stereocenters. The fraction of sp³-hybridized carbons (Fsp3) is 0.333. The fourth-order valence-electron chi connectivity index (χ4n) is 1.54. The van der Waals surface area contributed by atoms with Crippen LogP contribution in [0.15, 0.2) is 33.6 Å². The van der Waals surface area contributed by atoms with E-state index < -0.39 is 10.0 Å². The van der Waals surface area contributed by atoms with E-state index in [9.17, 15) is 8.42 Å². The van der Waals surface area contributed by atoms with Crippen molar-refractivity contribution in [2.75, 3.05) is 4.72 Å². The average molecular weight is 281 g/mol. The van der Waals surface area contributed by atoms with Crippen LogP contribution in [0.25, 0.3) is 0 Å². The van der Waals surface area contributed by atoms with Gasteiger partial charge in [0.05, 0.1) is 4.90 Å². The van der Waals surface area contributed by atoms with Crippen molar-refractivity contribution >= 4 is 16.0 Å². The summed E-state index contributed by atoms with van der Waals surface area (Å²) in [6, 6.07) is 6.57. The van der Waals surface area contributed by atoms with Crippen LogP contribution in [0.1, 0.15) is 31.2 Å². The Morgan fingerprint density at radius 1 is 1.21 bits per heavy atom. The zero-order valence-electron chi connectivity index (χ0n) is 10.9. The zero-order valence-corrected chi connectivity index (χ0v) is 11.7. The molecule has 0 unspecified atom stereocenters. The molecular formula is C12H15N3O3S. The molecule has 1 heterocycles. The van der Waals surface area contributed by atoms with E-state index >= 15 is 0 Å². The molecule has 0 amide bonds. The molecule has 0 saturated heterocycles. The highest BCUT2D eigenvalue weighted by Crippen LogP contribution is 2.20. The number of aromatic nitrogens is 2. The second kappa shape index (κ2) is 5.00. The minimum atomic E-state index is -3.70. The molecule has 0 bridgehead atoms. The molecule has 1 N–H and O–H groups in total. The normalized spacial score (nSPS) is 11.8. The summed E-state index contributed by atoms with van der Waals surface area (Å²) < 4.78 is 31.8. The van der Waals surface area contributed by atoms with E-state index in [1.165, 1.54) is 6.07 Å². The number of aryl methyl sites for hydroxylation is 1. The van der Waals surface area contributed by atoms with E-state index in [1.807, 2.05) is 13.8 Å². The van der Waals surface area contributed by atoms with Gasteiger partial charge in [-0.05, 0) is 18.6 Å². The molecule has 0 radical (unpaired) electrons. The Morgan fingerprint density at radius 2 is 1.89 bits per heavy atom. The molecule has 7 heteroatoms. The maximum absolute atomic E-state index is 12.2. The number of rotatable bonds is 4. The largest absolute Gasteiger partial charge is 0.407 e. The molecule has 6 nitrogen and oxygen atoms in total. The lowest BCUT2D eigenvalue weighted by Gasteiger charge is -2.06. The quantitative estimate of drug-likeness (QED) is 0.929. The van der Waals surface area contributed by atoms with Crippen molar-refractivity contribution in [2.24, 2.45) is 0 Å². The van der Waals surface area contributed by atoms with Crippen LogP contribution in [0.4, 0.5) is 6.01 Å². The van der Waals surface area contributed by atoms with Crippen molar-refractivity contribution in [1.29, 1.82) is 0 Å². The van der Waals surface area contributed by atoms with Gasteiger partial charge in [-0.15, -0.1) is 5.10 Å². The summed E-state index contributed by atoms with van der Waals surface area (Å²) in [6.07, 6.45) is 0.